The number of thioether (sulfide) groups is 1. The van der Waals surface area contributed by atoms with E-state index >= 15 is 0 Å². The molecule has 22 heavy (non-hydrogen) atoms. The van der Waals surface area contributed by atoms with E-state index in [1.165, 1.54) is 37.8 Å². The molecular formula is C18H21F3S. The first kappa shape index (κ1) is 17.2. The Hall–Kier alpha value is -1.16. The highest BCUT2D eigenvalue weighted by Gasteiger charge is 2.29. The lowest BCUT2D eigenvalue weighted by Crippen LogP contribution is -2.14. The van der Waals surface area contributed by atoms with Crippen LogP contribution in [-0.2, 0) is 6.18 Å². The summed E-state index contributed by atoms with van der Waals surface area (Å²) in [6.45, 7) is 0. The summed E-state index contributed by atoms with van der Waals surface area (Å²) in [6, 6.07) is 5.23. The van der Waals surface area contributed by atoms with Crippen molar-refractivity contribution in [3.05, 3.63) is 53.6 Å². The van der Waals surface area contributed by atoms with E-state index in [0.29, 0.717) is 5.92 Å². The van der Waals surface area contributed by atoms with Gasteiger partial charge in [0.1, 0.15) is 0 Å². The predicted octanol–water partition coefficient (Wildman–Crippen LogP) is 6.20. The Kier molecular flexibility index (Phi) is 6.18. The van der Waals surface area contributed by atoms with Crippen molar-refractivity contribution in [3.8, 4) is 0 Å². The molecule has 1 aliphatic rings. The fraction of sp³-hybridized carbons (Fsp3) is 0.444. The summed E-state index contributed by atoms with van der Waals surface area (Å²) in [5.74, 6) is 0.639. The van der Waals surface area contributed by atoms with Crippen molar-refractivity contribution < 1.29 is 13.2 Å². The highest BCUT2D eigenvalue weighted by atomic mass is 32.2. The lowest BCUT2D eigenvalue weighted by molar-refractivity contribution is -0.137. The van der Waals surface area contributed by atoms with Crippen molar-refractivity contribution in [1.82, 2.24) is 0 Å². The second kappa shape index (κ2) is 7.91. The van der Waals surface area contributed by atoms with Crippen LogP contribution in [0.25, 0.3) is 6.08 Å². The molecule has 0 heterocycles. The zero-order valence-corrected chi connectivity index (χ0v) is 13.5. The van der Waals surface area contributed by atoms with Crippen LogP contribution in [-0.4, -0.2) is 11.5 Å². The van der Waals surface area contributed by atoms with Gasteiger partial charge in [0, 0.05) is 5.25 Å². The van der Waals surface area contributed by atoms with Crippen LogP contribution in [0.15, 0.2) is 42.5 Å². The Balaban J connectivity index is 1.83. The standard InChI is InChI=1S/C18H21F3S/c1-22-17-12-8-15(9-13-17)5-3-2-4-14-6-10-16(11-7-14)18(19,20)21/h2-7,10-11,15,17H,8-9,12-13H2,1H3/b4-2+,5-3+. The molecule has 1 aliphatic carbocycles. The molecule has 4 heteroatoms. The van der Waals surface area contributed by atoms with E-state index in [9.17, 15) is 13.2 Å². The third-order valence-corrected chi connectivity index (χ3v) is 5.21. The van der Waals surface area contributed by atoms with Crippen LogP contribution < -0.4 is 0 Å². The fourth-order valence-corrected chi connectivity index (χ4v) is 3.43. The van der Waals surface area contributed by atoms with Crippen LogP contribution in [0.2, 0.25) is 0 Å². The van der Waals surface area contributed by atoms with Gasteiger partial charge < -0.3 is 0 Å². The SMILES string of the molecule is CSC1CCC(/C=C/C=C/c2ccc(C(F)(F)F)cc2)CC1. The maximum absolute atomic E-state index is 12.5. The summed E-state index contributed by atoms with van der Waals surface area (Å²) >= 11 is 1.96. The average molecular weight is 326 g/mol. The van der Waals surface area contributed by atoms with Crippen LogP contribution in [0.5, 0.6) is 0 Å². The summed E-state index contributed by atoms with van der Waals surface area (Å²) in [4.78, 5) is 0. The number of hydrogen-bond donors (Lipinski definition) is 0. The van der Waals surface area contributed by atoms with E-state index in [-0.39, 0.29) is 0 Å². The number of allylic oxidation sites excluding steroid dienone is 3. The molecule has 0 spiro atoms. The zero-order chi connectivity index (χ0) is 16.0. The number of hydrogen-bond acceptors (Lipinski definition) is 1. The fourth-order valence-electron chi connectivity index (χ4n) is 2.69. The summed E-state index contributed by atoms with van der Waals surface area (Å²) in [5, 5.41) is 0.812. The highest BCUT2D eigenvalue weighted by molar-refractivity contribution is 7.99. The minimum Gasteiger partial charge on any atom is -0.166 e. The Labute approximate surface area is 134 Å². The van der Waals surface area contributed by atoms with E-state index in [2.05, 4.69) is 12.3 Å². The normalized spacial score (nSPS) is 23.5. The van der Waals surface area contributed by atoms with Crippen molar-refractivity contribution in [2.75, 3.05) is 6.26 Å². The molecule has 0 aromatic heterocycles. The quantitative estimate of drug-likeness (QED) is 0.594. The first-order valence-corrected chi connectivity index (χ1v) is 8.83. The van der Waals surface area contributed by atoms with Crippen molar-refractivity contribution in [3.63, 3.8) is 0 Å². The van der Waals surface area contributed by atoms with Gasteiger partial charge in [-0.3, -0.25) is 0 Å². The molecule has 0 N–H and O–H groups in total. The summed E-state index contributed by atoms with van der Waals surface area (Å²) in [5.41, 5.74) is 0.175. The van der Waals surface area contributed by atoms with Gasteiger partial charge in [-0.15, -0.1) is 0 Å². The molecular weight excluding hydrogens is 305 g/mol. The summed E-state index contributed by atoms with van der Waals surface area (Å²) in [7, 11) is 0. The third kappa shape index (κ3) is 5.24. The van der Waals surface area contributed by atoms with Gasteiger partial charge in [-0.05, 0) is 55.6 Å². The van der Waals surface area contributed by atoms with Gasteiger partial charge in [-0.25, -0.2) is 0 Å². The molecule has 0 amide bonds. The van der Waals surface area contributed by atoms with E-state index in [4.69, 9.17) is 0 Å². The summed E-state index contributed by atoms with van der Waals surface area (Å²) in [6.07, 6.45) is 10.9. The van der Waals surface area contributed by atoms with E-state index < -0.39 is 11.7 Å². The Morgan fingerprint density at radius 3 is 2.18 bits per heavy atom. The van der Waals surface area contributed by atoms with Gasteiger partial charge in [0.15, 0.2) is 0 Å². The van der Waals surface area contributed by atoms with Crippen LogP contribution >= 0.6 is 11.8 Å². The van der Waals surface area contributed by atoms with Crippen LogP contribution in [0.3, 0.4) is 0 Å². The summed E-state index contributed by atoms with van der Waals surface area (Å²) < 4.78 is 37.4. The van der Waals surface area contributed by atoms with Gasteiger partial charge in [-0.1, -0.05) is 36.4 Å². The Morgan fingerprint density at radius 2 is 1.64 bits per heavy atom. The predicted molar refractivity (Wildman–Crippen MR) is 88.9 cm³/mol. The van der Waals surface area contributed by atoms with Crippen molar-refractivity contribution >= 4 is 17.8 Å². The van der Waals surface area contributed by atoms with Crippen molar-refractivity contribution in [2.45, 2.75) is 37.1 Å². The topological polar surface area (TPSA) is 0 Å². The number of alkyl halides is 3. The van der Waals surface area contributed by atoms with Gasteiger partial charge >= 0.3 is 6.18 Å². The molecule has 0 nitrogen and oxygen atoms in total. The Bertz CT molecular complexity index is 506. The van der Waals surface area contributed by atoms with E-state index in [0.717, 1.165) is 22.9 Å². The lowest BCUT2D eigenvalue weighted by Gasteiger charge is -2.25. The van der Waals surface area contributed by atoms with Gasteiger partial charge in [-0.2, -0.15) is 24.9 Å². The molecule has 0 aliphatic heterocycles. The maximum Gasteiger partial charge on any atom is 0.416 e. The Morgan fingerprint density at radius 1 is 1.00 bits per heavy atom. The van der Waals surface area contributed by atoms with Crippen molar-refractivity contribution in [1.29, 1.82) is 0 Å². The molecule has 1 fully saturated rings. The monoisotopic (exact) mass is 326 g/mol. The molecule has 0 atom stereocenters. The molecule has 1 aromatic rings. The second-order valence-corrected chi connectivity index (χ2v) is 6.77. The third-order valence-electron chi connectivity index (χ3n) is 4.07. The second-order valence-electron chi connectivity index (χ2n) is 5.64. The van der Waals surface area contributed by atoms with Crippen LogP contribution in [0, 0.1) is 5.92 Å². The first-order valence-electron chi connectivity index (χ1n) is 7.54. The van der Waals surface area contributed by atoms with E-state index in [1.807, 2.05) is 30.0 Å². The maximum atomic E-state index is 12.5. The molecule has 0 radical (unpaired) electrons. The number of rotatable bonds is 4. The van der Waals surface area contributed by atoms with Gasteiger partial charge in [0.05, 0.1) is 5.56 Å². The van der Waals surface area contributed by atoms with Gasteiger partial charge in [0.25, 0.3) is 0 Å². The molecule has 0 bridgehead atoms. The lowest BCUT2D eigenvalue weighted by atomic mass is 9.88. The molecule has 120 valence electrons. The first-order chi connectivity index (χ1) is 10.5. The molecule has 0 unspecified atom stereocenters. The zero-order valence-electron chi connectivity index (χ0n) is 12.6. The largest absolute Gasteiger partial charge is 0.416 e. The number of benzene rings is 1. The van der Waals surface area contributed by atoms with E-state index in [1.54, 1.807) is 0 Å². The minimum absolute atomic E-state index is 0.606. The molecule has 0 saturated heterocycles. The molecule has 1 aromatic carbocycles. The minimum atomic E-state index is -4.27. The van der Waals surface area contributed by atoms with Crippen LogP contribution in [0.1, 0.15) is 36.8 Å². The average Bonchev–Trinajstić information content (AvgIpc) is 2.52. The molecule has 1 saturated carbocycles. The number of halogens is 3. The smallest absolute Gasteiger partial charge is 0.166 e. The molecule has 2 rings (SSSR count). The van der Waals surface area contributed by atoms with Crippen molar-refractivity contribution in [2.24, 2.45) is 5.92 Å². The highest BCUT2D eigenvalue weighted by Crippen LogP contribution is 2.31. The van der Waals surface area contributed by atoms with Crippen LogP contribution in [0.4, 0.5) is 13.2 Å². The van der Waals surface area contributed by atoms with Gasteiger partial charge in [0.2, 0.25) is 0 Å².